The van der Waals surface area contributed by atoms with Crippen LogP contribution in [0.5, 0.6) is 0 Å². The molecule has 0 N–H and O–H groups in total. The number of anilines is 1. The Hall–Kier alpha value is -0.540. The molecule has 100 valence electrons. The minimum Gasteiger partial charge on any atom is -0.356 e. The van der Waals surface area contributed by atoms with Gasteiger partial charge in [-0.2, -0.15) is 0 Å². The lowest BCUT2D eigenvalue weighted by Gasteiger charge is -2.33. The van der Waals surface area contributed by atoms with Gasteiger partial charge in [0.15, 0.2) is 0 Å². The van der Waals surface area contributed by atoms with Crippen LogP contribution in [-0.2, 0) is 5.88 Å². The Morgan fingerprint density at radius 3 is 2.67 bits per heavy atom. The maximum absolute atomic E-state index is 6.06. The summed E-state index contributed by atoms with van der Waals surface area (Å²) in [5.74, 6) is 2.15. The predicted octanol–water partition coefficient (Wildman–Crippen LogP) is 3.89. The van der Waals surface area contributed by atoms with E-state index < -0.39 is 0 Å². The Labute approximate surface area is 119 Å². The van der Waals surface area contributed by atoms with Crippen molar-refractivity contribution in [2.75, 3.05) is 18.0 Å². The molecule has 0 atom stereocenters. The van der Waals surface area contributed by atoms with Gasteiger partial charge < -0.3 is 4.90 Å². The van der Waals surface area contributed by atoms with Gasteiger partial charge in [-0.1, -0.05) is 31.4 Å². The summed E-state index contributed by atoms with van der Waals surface area (Å²) in [5, 5.41) is 0.477. The zero-order valence-corrected chi connectivity index (χ0v) is 12.2. The molecule has 0 unspecified atom stereocenters. The van der Waals surface area contributed by atoms with Crippen molar-refractivity contribution in [3.05, 3.63) is 17.0 Å². The summed E-state index contributed by atoms with van der Waals surface area (Å²) in [6.45, 7) is 4.34. The molecule has 1 aliphatic heterocycles. The first-order valence-electron chi connectivity index (χ1n) is 6.56. The SMILES string of the molecule is CCCC1CCN(c2ncnc(Cl)c2CCl)CC1. The molecule has 0 saturated carbocycles. The molecule has 1 fully saturated rings. The summed E-state index contributed by atoms with van der Waals surface area (Å²) >= 11 is 12.0. The first-order valence-corrected chi connectivity index (χ1v) is 7.47. The van der Waals surface area contributed by atoms with Crippen LogP contribution in [0.1, 0.15) is 38.2 Å². The fourth-order valence-corrected chi connectivity index (χ4v) is 3.12. The van der Waals surface area contributed by atoms with Gasteiger partial charge in [0.05, 0.1) is 5.88 Å². The molecule has 0 aliphatic carbocycles. The molecule has 0 spiro atoms. The van der Waals surface area contributed by atoms with Crippen molar-refractivity contribution in [1.82, 2.24) is 9.97 Å². The molecule has 0 radical (unpaired) electrons. The first kappa shape index (κ1) is 13.9. The molecule has 1 aromatic rings. The Balaban J connectivity index is 2.07. The second-order valence-corrected chi connectivity index (χ2v) is 5.44. The van der Waals surface area contributed by atoms with E-state index in [0.717, 1.165) is 30.4 Å². The average Bonchev–Trinajstić information content (AvgIpc) is 2.40. The van der Waals surface area contributed by atoms with E-state index in [1.807, 2.05) is 0 Å². The third-order valence-electron chi connectivity index (χ3n) is 3.61. The Kier molecular flexibility index (Phi) is 5.07. The van der Waals surface area contributed by atoms with Crippen molar-refractivity contribution >= 4 is 29.0 Å². The number of piperidine rings is 1. The van der Waals surface area contributed by atoms with Crippen LogP contribution >= 0.6 is 23.2 Å². The number of hydrogen-bond donors (Lipinski definition) is 0. The van der Waals surface area contributed by atoms with Crippen molar-refractivity contribution in [1.29, 1.82) is 0 Å². The molecule has 1 aromatic heterocycles. The smallest absolute Gasteiger partial charge is 0.138 e. The van der Waals surface area contributed by atoms with Crippen molar-refractivity contribution in [3.8, 4) is 0 Å². The molecule has 0 aromatic carbocycles. The number of hydrogen-bond acceptors (Lipinski definition) is 3. The summed E-state index contributed by atoms with van der Waals surface area (Å²) in [7, 11) is 0. The Morgan fingerprint density at radius 2 is 2.06 bits per heavy atom. The maximum Gasteiger partial charge on any atom is 0.138 e. The molecular weight excluding hydrogens is 269 g/mol. The number of aromatic nitrogens is 2. The topological polar surface area (TPSA) is 29.0 Å². The number of rotatable bonds is 4. The van der Waals surface area contributed by atoms with Gasteiger partial charge >= 0.3 is 0 Å². The van der Waals surface area contributed by atoms with Gasteiger partial charge in [-0.05, 0) is 18.8 Å². The summed E-state index contributed by atoms with van der Waals surface area (Å²) in [6, 6.07) is 0. The highest BCUT2D eigenvalue weighted by Gasteiger charge is 2.22. The van der Waals surface area contributed by atoms with E-state index in [9.17, 15) is 0 Å². The van der Waals surface area contributed by atoms with Gasteiger partial charge in [0.2, 0.25) is 0 Å². The molecule has 0 bridgehead atoms. The van der Waals surface area contributed by atoms with Crippen LogP contribution in [0.3, 0.4) is 0 Å². The second kappa shape index (κ2) is 6.58. The van der Waals surface area contributed by atoms with Gasteiger partial charge in [0.1, 0.15) is 17.3 Å². The average molecular weight is 288 g/mol. The highest BCUT2D eigenvalue weighted by molar-refractivity contribution is 6.31. The number of alkyl halides is 1. The van der Waals surface area contributed by atoms with Crippen molar-refractivity contribution in [2.24, 2.45) is 5.92 Å². The van der Waals surface area contributed by atoms with Crippen molar-refractivity contribution in [3.63, 3.8) is 0 Å². The third-order valence-corrected chi connectivity index (χ3v) is 4.21. The zero-order valence-electron chi connectivity index (χ0n) is 10.7. The molecule has 2 heterocycles. The molecular formula is C13H19Cl2N3. The van der Waals surface area contributed by atoms with Crippen LogP contribution in [-0.4, -0.2) is 23.1 Å². The molecule has 3 nitrogen and oxygen atoms in total. The molecule has 18 heavy (non-hydrogen) atoms. The number of halogens is 2. The van der Waals surface area contributed by atoms with Gasteiger partial charge in [-0.15, -0.1) is 11.6 Å². The molecule has 1 saturated heterocycles. The maximum atomic E-state index is 6.06. The molecule has 1 aliphatic rings. The standard InChI is InChI=1S/C13H19Cl2N3/c1-2-3-10-4-6-18(7-5-10)13-11(8-14)12(15)16-9-17-13/h9-10H,2-8H2,1H3. The van der Waals surface area contributed by atoms with Gasteiger partial charge in [0, 0.05) is 18.7 Å². The van der Waals surface area contributed by atoms with Crippen LogP contribution in [0.2, 0.25) is 5.15 Å². The predicted molar refractivity (Wildman–Crippen MR) is 76.4 cm³/mol. The monoisotopic (exact) mass is 287 g/mol. The highest BCUT2D eigenvalue weighted by atomic mass is 35.5. The molecule has 5 heteroatoms. The van der Waals surface area contributed by atoms with Crippen LogP contribution < -0.4 is 4.90 Å². The minimum absolute atomic E-state index is 0.365. The summed E-state index contributed by atoms with van der Waals surface area (Å²) in [4.78, 5) is 10.6. The lowest BCUT2D eigenvalue weighted by atomic mass is 9.92. The Bertz CT molecular complexity index is 390. The van der Waals surface area contributed by atoms with E-state index in [-0.39, 0.29) is 0 Å². The van der Waals surface area contributed by atoms with Crippen LogP contribution in [0.15, 0.2) is 6.33 Å². The van der Waals surface area contributed by atoms with E-state index >= 15 is 0 Å². The van der Waals surface area contributed by atoms with Crippen LogP contribution in [0.4, 0.5) is 5.82 Å². The minimum atomic E-state index is 0.365. The summed E-state index contributed by atoms with van der Waals surface area (Å²) in [5.41, 5.74) is 0.856. The van der Waals surface area contributed by atoms with Gasteiger partial charge in [0.25, 0.3) is 0 Å². The van der Waals surface area contributed by atoms with Gasteiger partial charge in [-0.3, -0.25) is 0 Å². The van der Waals surface area contributed by atoms with E-state index in [0.29, 0.717) is 11.0 Å². The van der Waals surface area contributed by atoms with E-state index in [1.54, 1.807) is 0 Å². The fraction of sp³-hybridized carbons (Fsp3) is 0.692. The van der Waals surface area contributed by atoms with Crippen LogP contribution in [0.25, 0.3) is 0 Å². The Morgan fingerprint density at radius 1 is 1.33 bits per heavy atom. The van der Waals surface area contributed by atoms with Gasteiger partial charge in [-0.25, -0.2) is 9.97 Å². The number of nitrogens with zero attached hydrogens (tertiary/aromatic N) is 3. The lowest BCUT2D eigenvalue weighted by molar-refractivity contribution is 0.377. The summed E-state index contributed by atoms with van der Waals surface area (Å²) in [6.07, 6.45) is 6.60. The lowest BCUT2D eigenvalue weighted by Crippen LogP contribution is -2.35. The highest BCUT2D eigenvalue weighted by Crippen LogP contribution is 2.29. The van der Waals surface area contributed by atoms with E-state index in [1.165, 1.54) is 32.0 Å². The molecule has 2 rings (SSSR count). The zero-order chi connectivity index (χ0) is 13.0. The fourth-order valence-electron chi connectivity index (χ4n) is 2.61. The normalized spacial score (nSPS) is 17.2. The van der Waals surface area contributed by atoms with E-state index in [2.05, 4.69) is 21.8 Å². The van der Waals surface area contributed by atoms with E-state index in [4.69, 9.17) is 23.2 Å². The quantitative estimate of drug-likeness (QED) is 0.622. The second-order valence-electron chi connectivity index (χ2n) is 4.82. The first-order chi connectivity index (χ1) is 8.76. The summed E-state index contributed by atoms with van der Waals surface area (Å²) < 4.78 is 0. The third kappa shape index (κ3) is 3.07. The largest absolute Gasteiger partial charge is 0.356 e. The van der Waals surface area contributed by atoms with Crippen molar-refractivity contribution < 1.29 is 0 Å². The van der Waals surface area contributed by atoms with Crippen LogP contribution in [0, 0.1) is 5.92 Å². The molecule has 0 amide bonds. The van der Waals surface area contributed by atoms with Crippen molar-refractivity contribution in [2.45, 2.75) is 38.5 Å².